The number of aliphatic hydroxyl groups excluding tert-OH is 2. The predicted octanol–water partition coefficient (Wildman–Crippen LogP) is 2.04. The smallest absolute Gasteiger partial charge is 0.0682 e. The lowest BCUT2D eigenvalue weighted by atomic mass is 10.0. The fraction of sp³-hybridized carbons (Fsp3) is 0.500. The van der Waals surface area contributed by atoms with Gasteiger partial charge in [0.2, 0.25) is 0 Å². The Morgan fingerprint density at radius 1 is 1.31 bits per heavy atom. The maximum atomic E-state index is 9.29. The minimum Gasteiger partial charge on any atom is -0.394 e. The van der Waals surface area contributed by atoms with Crippen LogP contribution in [0.4, 0.5) is 5.69 Å². The van der Waals surface area contributed by atoms with E-state index in [1.807, 2.05) is 37.9 Å². The highest BCUT2D eigenvalue weighted by atomic mass is 35.5. The van der Waals surface area contributed by atoms with Gasteiger partial charge in [0.05, 0.1) is 29.5 Å². The molecule has 1 rings (SSSR count). The predicted molar refractivity (Wildman–Crippen MR) is 66.9 cm³/mol. The molecule has 0 spiro atoms. The molecule has 0 atom stereocenters. The van der Waals surface area contributed by atoms with Crippen LogP contribution in [-0.2, 0) is 6.61 Å². The highest BCUT2D eigenvalue weighted by molar-refractivity contribution is 6.33. The Hall–Kier alpha value is -0.770. The second-order valence-electron chi connectivity index (χ2n) is 4.47. The highest BCUT2D eigenvalue weighted by Crippen LogP contribution is 2.30. The molecule has 1 aromatic rings. The van der Waals surface area contributed by atoms with E-state index in [4.69, 9.17) is 16.7 Å². The molecule has 0 amide bonds. The molecule has 0 aliphatic carbocycles. The van der Waals surface area contributed by atoms with E-state index < -0.39 is 0 Å². The van der Waals surface area contributed by atoms with Crippen LogP contribution in [0.3, 0.4) is 0 Å². The summed E-state index contributed by atoms with van der Waals surface area (Å²) in [5.41, 5.74) is 1.26. The normalized spacial score (nSPS) is 11.6. The van der Waals surface area contributed by atoms with E-state index in [0.29, 0.717) is 5.02 Å². The molecule has 0 fully saturated rings. The summed E-state index contributed by atoms with van der Waals surface area (Å²) < 4.78 is 0. The topological polar surface area (TPSA) is 43.7 Å². The van der Waals surface area contributed by atoms with Gasteiger partial charge < -0.3 is 15.1 Å². The molecule has 0 aromatic heterocycles. The summed E-state index contributed by atoms with van der Waals surface area (Å²) >= 11 is 6.13. The third kappa shape index (κ3) is 2.67. The van der Waals surface area contributed by atoms with Crippen molar-refractivity contribution >= 4 is 17.3 Å². The molecule has 0 aliphatic rings. The van der Waals surface area contributed by atoms with E-state index in [2.05, 4.69) is 0 Å². The first kappa shape index (κ1) is 13.3. The average Bonchev–Trinajstić information content (AvgIpc) is 2.28. The summed E-state index contributed by atoms with van der Waals surface area (Å²) in [5, 5.41) is 18.9. The minimum absolute atomic E-state index is 0.0207. The summed E-state index contributed by atoms with van der Waals surface area (Å²) in [6.07, 6.45) is 0. The molecule has 3 nitrogen and oxygen atoms in total. The molecule has 1 aromatic carbocycles. The fourth-order valence-corrected chi connectivity index (χ4v) is 1.68. The third-order valence-corrected chi connectivity index (χ3v) is 3.15. The highest BCUT2D eigenvalue weighted by Gasteiger charge is 2.24. The molecule has 0 radical (unpaired) electrons. The first-order chi connectivity index (χ1) is 7.42. The van der Waals surface area contributed by atoms with E-state index in [1.165, 1.54) is 0 Å². The molecular formula is C12H18ClNO2. The first-order valence-electron chi connectivity index (χ1n) is 5.16. The molecule has 0 bridgehead atoms. The number of rotatable bonds is 4. The summed E-state index contributed by atoms with van der Waals surface area (Å²) in [6, 6.07) is 5.41. The van der Waals surface area contributed by atoms with Crippen LogP contribution >= 0.6 is 11.6 Å². The van der Waals surface area contributed by atoms with Crippen molar-refractivity contribution in [2.75, 3.05) is 18.6 Å². The zero-order valence-electron chi connectivity index (χ0n) is 9.87. The van der Waals surface area contributed by atoms with E-state index in [0.717, 1.165) is 11.3 Å². The van der Waals surface area contributed by atoms with Crippen molar-refractivity contribution in [3.05, 3.63) is 28.8 Å². The first-order valence-corrected chi connectivity index (χ1v) is 5.54. The van der Waals surface area contributed by atoms with Gasteiger partial charge in [-0.1, -0.05) is 17.7 Å². The number of hydrogen-bond donors (Lipinski definition) is 2. The van der Waals surface area contributed by atoms with Crippen LogP contribution in [0.2, 0.25) is 5.02 Å². The zero-order valence-corrected chi connectivity index (χ0v) is 10.6. The van der Waals surface area contributed by atoms with Crippen LogP contribution in [0.25, 0.3) is 0 Å². The van der Waals surface area contributed by atoms with Gasteiger partial charge in [-0.15, -0.1) is 0 Å². The number of hydrogen-bond acceptors (Lipinski definition) is 3. The number of likely N-dealkylation sites (N-methyl/N-ethyl adjacent to an activating group) is 1. The van der Waals surface area contributed by atoms with Gasteiger partial charge in [-0.25, -0.2) is 0 Å². The summed E-state index contributed by atoms with van der Waals surface area (Å²) in [7, 11) is 1.88. The second-order valence-corrected chi connectivity index (χ2v) is 4.88. The Labute approximate surface area is 101 Å². The lowest BCUT2D eigenvalue weighted by Gasteiger charge is -2.36. The van der Waals surface area contributed by atoms with Gasteiger partial charge in [0.25, 0.3) is 0 Å². The second kappa shape index (κ2) is 5.04. The van der Waals surface area contributed by atoms with E-state index in [1.54, 1.807) is 6.07 Å². The van der Waals surface area contributed by atoms with Gasteiger partial charge in [0.1, 0.15) is 0 Å². The maximum absolute atomic E-state index is 9.29. The van der Waals surface area contributed by atoms with Crippen LogP contribution in [0.1, 0.15) is 19.4 Å². The maximum Gasteiger partial charge on any atom is 0.0682 e. The van der Waals surface area contributed by atoms with E-state index in [-0.39, 0.29) is 18.8 Å². The van der Waals surface area contributed by atoms with Crippen molar-refractivity contribution in [2.24, 2.45) is 0 Å². The van der Waals surface area contributed by atoms with Crippen molar-refractivity contribution in [1.82, 2.24) is 0 Å². The summed E-state index contributed by atoms with van der Waals surface area (Å²) in [6.45, 7) is 3.89. The summed E-state index contributed by atoms with van der Waals surface area (Å²) in [5.74, 6) is 0. The van der Waals surface area contributed by atoms with Crippen LogP contribution < -0.4 is 4.90 Å². The Morgan fingerprint density at radius 3 is 2.38 bits per heavy atom. The zero-order chi connectivity index (χ0) is 12.3. The monoisotopic (exact) mass is 243 g/mol. The Balaban J connectivity index is 3.05. The van der Waals surface area contributed by atoms with Crippen LogP contribution in [0.5, 0.6) is 0 Å². The SMILES string of the molecule is CN(c1ccc(CO)cc1Cl)C(C)(C)CO. The Bertz CT molecular complexity index is 366. The average molecular weight is 244 g/mol. The minimum atomic E-state index is -0.371. The van der Waals surface area contributed by atoms with E-state index in [9.17, 15) is 5.11 Å². The van der Waals surface area contributed by atoms with Crippen LogP contribution in [0.15, 0.2) is 18.2 Å². The molecule has 0 saturated carbocycles. The number of aliphatic hydroxyl groups is 2. The van der Waals surface area contributed by atoms with Gasteiger partial charge in [-0.2, -0.15) is 0 Å². The molecule has 0 aliphatic heterocycles. The molecule has 4 heteroatoms. The standard InChI is InChI=1S/C12H18ClNO2/c1-12(2,8-16)14(3)11-5-4-9(7-15)6-10(11)13/h4-6,15-16H,7-8H2,1-3H3. The fourth-order valence-electron chi connectivity index (χ4n) is 1.35. The molecular weight excluding hydrogens is 226 g/mol. The van der Waals surface area contributed by atoms with Crippen molar-refractivity contribution in [2.45, 2.75) is 26.0 Å². The van der Waals surface area contributed by atoms with Crippen LogP contribution in [-0.4, -0.2) is 29.4 Å². The number of nitrogens with zero attached hydrogens (tertiary/aromatic N) is 1. The molecule has 0 heterocycles. The summed E-state index contributed by atoms with van der Waals surface area (Å²) in [4.78, 5) is 1.93. The third-order valence-electron chi connectivity index (χ3n) is 2.85. The van der Waals surface area contributed by atoms with E-state index >= 15 is 0 Å². The molecule has 0 saturated heterocycles. The van der Waals surface area contributed by atoms with Crippen LogP contribution in [0, 0.1) is 0 Å². The molecule has 0 unspecified atom stereocenters. The largest absolute Gasteiger partial charge is 0.394 e. The van der Waals surface area contributed by atoms with Crippen molar-refractivity contribution in [3.8, 4) is 0 Å². The quantitative estimate of drug-likeness (QED) is 0.851. The van der Waals surface area contributed by atoms with Crippen molar-refractivity contribution in [1.29, 1.82) is 0 Å². The Morgan fingerprint density at radius 2 is 1.94 bits per heavy atom. The number of anilines is 1. The van der Waals surface area contributed by atoms with Gasteiger partial charge in [-0.3, -0.25) is 0 Å². The van der Waals surface area contributed by atoms with Gasteiger partial charge in [-0.05, 0) is 31.5 Å². The van der Waals surface area contributed by atoms with Crippen molar-refractivity contribution in [3.63, 3.8) is 0 Å². The number of halogens is 1. The van der Waals surface area contributed by atoms with Gasteiger partial charge in [0.15, 0.2) is 0 Å². The van der Waals surface area contributed by atoms with Crippen molar-refractivity contribution < 1.29 is 10.2 Å². The molecule has 2 N–H and O–H groups in total. The lowest BCUT2D eigenvalue weighted by Crippen LogP contribution is -2.44. The number of benzene rings is 1. The Kier molecular flexibility index (Phi) is 4.19. The van der Waals surface area contributed by atoms with Gasteiger partial charge >= 0.3 is 0 Å². The molecule has 90 valence electrons. The molecule has 16 heavy (non-hydrogen) atoms. The van der Waals surface area contributed by atoms with Gasteiger partial charge in [0, 0.05) is 7.05 Å². The lowest BCUT2D eigenvalue weighted by molar-refractivity contribution is 0.216.